The average Bonchev–Trinajstić information content (AvgIpc) is 1.89. The topological polar surface area (TPSA) is 23.8 Å². The third-order valence-corrected chi connectivity index (χ3v) is 1.45. The lowest BCUT2D eigenvalue weighted by molar-refractivity contribution is 1.23. The predicted octanol–water partition coefficient (Wildman–Crippen LogP) is 2.17. The van der Waals surface area contributed by atoms with Gasteiger partial charge in [-0.05, 0) is 12.5 Å². The van der Waals surface area contributed by atoms with E-state index < -0.39 is 0 Å². The van der Waals surface area contributed by atoms with E-state index in [2.05, 4.69) is 0 Å². The Morgan fingerprint density at radius 2 is 2.44 bits per heavy atom. The maximum absolute atomic E-state index is 8.40. The maximum atomic E-state index is 8.40. The average molecular weight is 139 g/mol. The van der Waals surface area contributed by atoms with Crippen LogP contribution < -0.4 is 0 Å². The molecule has 1 aliphatic rings. The third-order valence-electron chi connectivity index (χ3n) is 1.10. The Morgan fingerprint density at radius 3 is 2.89 bits per heavy atom. The van der Waals surface area contributed by atoms with E-state index in [9.17, 15) is 0 Å². The molecule has 0 saturated carbocycles. The van der Waals surface area contributed by atoms with Crippen molar-refractivity contribution in [2.45, 2.75) is 6.42 Å². The summed E-state index contributed by atoms with van der Waals surface area (Å²) in [6, 6.07) is 1.98. The van der Waals surface area contributed by atoms with Crippen LogP contribution in [0.5, 0.6) is 0 Å². The van der Waals surface area contributed by atoms with E-state index in [-0.39, 0.29) is 0 Å². The number of nitrogens with zero attached hydrogens (tertiary/aromatic N) is 1. The SMILES string of the molecule is N#CC1=C(Cl)[CH]CC=C1. The lowest BCUT2D eigenvalue weighted by Crippen LogP contribution is -1.86. The molecule has 0 atom stereocenters. The normalized spacial score (nSPS) is 17.8. The molecular weight excluding hydrogens is 134 g/mol. The highest BCUT2D eigenvalue weighted by Crippen LogP contribution is 2.19. The molecule has 0 saturated heterocycles. The van der Waals surface area contributed by atoms with E-state index in [0.29, 0.717) is 10.6 Å². The van der Waals surface area contributed by atoms with Crippen LogP contribution in [0.25, 0.3) is 0 Å². The summed E-state index contributed by atoms with van der Waals surface area (Å²) < 4.78 is 0. The van der Waals surface area contributed by atoms with Crippen molar-refractivity contribution in [3.63, 3.8) is 0 Å². The Balaban J connectivity index is 2.88. The largest absolute Gasteiger partial charge is 0.192 e. The van der Waals surface area contributed by atoms with Crippen LogP contribution in [0.4, 0.5) is 0 Å². The van der Waals surface area contributed by atoms with Crippen LogP contribution in [-0.4, -0.2) is 0 Å². The van der Waals surface area contributed by atoms with E-state index in [4.69, 9.17) is 16.9 Å². The zero-order valence-corrected chi connectivity index (χ0v) is 5.52. The Kier molecular flexibility index (Phi) is 1.92. The number of halogens is 1. The van der Waals surface area contributed by atoms with Gasteiger partial charge >= 0.3 is 0 Å². The van der Waals surface area contributed by atoms with Gasteiger partial charge in [-0.25, -0.2) is 0 Å². The summed E-state index contributed by atoms with van der Waals surface area (Å²) >= 11 is 5.63. The maximum Gasteiger partial charge on any atom is 0.100 e. The molecule has 0 heterocycles. The van der Waals surface area contributed by atoms with Crippen molar-refractivity contribution in [2.24, 2.45) is 0 Å². The first kappa shape index (κ1) is 6.38. The molecule has 0 N–H and O–H groups in total. The van der Waals surface area contributed by atoms with Crippen molar-refractivity contribution in [1.29, 1.82) is 5.26 Å². The Morgan fingerprint density at radius 1 is 1.67 bits per heavy atom. The van der Waals surface area contributed by atoms with Gasteiger partial charge in [-0.15, -0.1) is 0 Å². The van der Waals surface area contributed by atoms with Crippen molar-refractivity contribution in [3.8, 4) is 6.07 Å². The number of allylic oxidation sites excluding steroid dienone is 4. The van der Waals surface area contributed by atoms with E-state index in [1.54, 1.807) is 6.08 Å². The van der Waals surface area contributed by atoms with Crippen LogP contribution in [-0.2, 0) is 0 Å². The van der Waals surface area contributed by atoms with Crippen LogP contribution in [0.15, 0.2) is 22.8 Å². The lowest BCUT2D eigenvalue weighted by Gasteiger charge is -2.01. The fourth-order valence-electron chi connectivity index (χ4n) is 0.638. The summed E-state index contributed by atoms with van der Waals surface area (Å²) in [5.41, 5.74) is 0.558. The molecule has 1 nitrogen and oxygen atoms in total. The Bertz CT molecular complexity index is 207. The molecule has 1 radical (unpaired) electrons. The standard InChI is InChI=1S/C7H5ClN/c8-7-4-2-1-3-6(7)5-9/h1,3-4H,2H2. The molecule has 0 aromatic rings. The second-order valence-electron chi connectivity index (χ2n) is 1.72. The first-order valence-corrected chi connectivity index (χ1v) is 3.02. The Labute approximate surface area is 59.2 Å². The zero-order valence-electron chi connectivity index (χ0n) is 4.76. The molecule has 0 unspecified atom stereocenters. The molecule has 9 heavy (non-hydrogen) atoms. The van der Waals surface area contributed by atoms with Gasteiger partial charge in [0.1, 0.15) is 6.07 Å². The smallest absolute Gasteiger partial charge is 0.100 e. The van der Waals surface area contributed by atoms with Gasteiger partial charge in [0.15, 0.2) is 0 Å². The molecule has 1 aliphatic carbocycles. The summed E-state index contributed by atoms with van der Waals surface area (Å²) in [6.45, 7) is 0. The number of nitriles is 1. The number of hydrogen-bond acceptors (Lipinski definition) is 1. The number of rotatable bonds is 0. The van der Waals surface area contributed by atoms with Gasteiger partial charge in [-0.1, -0.05) is 17.7 Å². The first-order chi connectivity index (χ1) is 4.34. The van der Waals surface area contributed by atoms with Gasteiger partial charge in [-0.3, -0.25) is 0 Å². The molecule has 0 spiro atoms. The summed E-state index contributed by atoms with van der Waals surface area (Å²) in [4.78, 5) is 0. The molecule has 2 heteroatoms. The Hall–Kier alpha value is -0.740. The van der Waals surface area contributed by atoms with Gasteiger partial charge in [0.05, 0.1) is 5.57 Å². The van der Waals surface area contributed by atoms with E-state index in [1.165, 1.54) is 0 Å². The summed E-state index contributed by atoms with van der Waals surface area (Å²) in [7, 11) is 0. The van der Waals surface area contributed by atoms with Gasteiger partial charge < -0.3 is 0 Å². The van der Waals surface area contributed by atoms with Crippen molar-refractivity contribution < 1.29 is 0 Å². The van der Waals surface area contributed by atoms with Gasteiger partial charge in [0.2, 0.25) is 0 Å². The van der Waals surface area contributed by atoms with E-state index in [1.807, 2.05) is 18.6 Å². The summed E-state index contributed by atoms with van der Waals surface area (Å²) in [6.07, 6.45) is 6.30. The fraction of sp³-hybridized carbons (Fsp3) is 0.143. The van der Waals surface area contributed by atoms with E-state index in [0.717, 1.165) is 6.42 Å². The molecule has 0 bridgehead atoms. The molecular formula is C7H5ClN. The highest BCUT2D eigenvalue weighted by molar-refractivity contribution is 6.31. The summed E-state index contributed by atoms with van der Waals surface area (Å²) in [5.74, 6) is 0. The van der Waals surface area contributed by atoms with Crippen LogP contribution in [0.3, 0.4) is 0 Å². The molecule has 0 aromatic heterocycles. The second-order valence-corrected chi connectivity index (χ2v) is 2.12. The minimum absolute atomic E-state index is 0.558. The predicted molar refractivity (Wildman–Crippen MR) is 36.5 cm³/mol. The van der Waals surface area contributed by atoms with Crippen LogP contribution >= 0.6 is 11.6 Å². The van der Waals surface area contributed by atoms with E-state index >= 15 is 0 Å². The monoisotopic (exact) mass is 138 g/mol. The van der Waals surface area contributed by atoms with Crippen molar-refractivity contribution in [2.75, 3.05) is 0 Å². The van der Waals surface area contributed by atoms with Gasteiger partial charge in [0.25, 0.3) is 0 Å². The van der Waals surface area contributed by atoms with Gasteiger partial charge in [0, 0.05) is 11.5 Å². The van der Waals surface area contributed by atoms with Crippen molar-refractivity contribution in [1.82, 2.24) is 0 Å². The van der Waals surface area contributed by atoms with Crippen LogP contribution in [0.2, 0.25) is 0 Å². The van der Waals surface area contributed by atoms with Gasteiger partial charge in [-0.2, -0.15) is 5.26 Å². The van der Waals surface area contributed by atoms with Crippen molar-refractivity contribution in [3.05, 3.63) is 29.2 Å². The summed E-state index contributed by atoms with van der Waals surface area (Å²) in [5, 5.41) is 8.97. The van der Waals surface area contributed by atoms with Crippen LogP contribution in [0.1, 0.15) is 6.42 Å². The van der Waals surface area contributed by atoms with Crippen LogP contribution in [0, 0.1) is 17.8 Å². The second kappa shape index (κ2) is 2.70. The molecule has 1 rings (SSSR count). The number of hydrogen-bond donors (Lipinski definition) is 0. The first-order valence-electron chi connectivity index (χ1n) is 2.64. The molecule has 0 amide bonds. The zero-order chi connectivity index (χ0) is 6.69. The minimum atomic E-state index is 0.558. The lowest BCUT2D eigenvalue weighted by atomic mass is 10.1. The fourth-order valence-corrected chi connectivity index (χ4v) is 0.832. The molecule has 0 fully saturated rings. The minimum Gasteiger partial charge on any atom is -0.192 e. The third kappa shape index (κ3) is 1.34. The van der Waals surface area contributed by atoms with Crippen molar-refractivity contribution >= 4 is 11.6 Å². The molecule has 0 aliphatic heterocycles. The molecule has 45 valence electrons. The molecule has 0 aromatic carbocycles. The quantitative estimate of drug-likeness (QED) is 0.503. The highest BCUT2D eigenvalue weighted by Gasteiger charge is 2.03. The highest BCUT2D eigenvalue weighted by atomic mass is 35.5.